The molecule has 2 saturated heterocycles. The van der Waals surface area contributed by atoms with Gasteiger partial charge in [-0.3, -0.25) is 9.59 Å². The molecule has 2 atom stereocenters. The number of carbonyl (C=O) groups excluding carboxylic acids is 2. The van der Waals surface area contributed by atoms with Crippen LogP contribution < -0.4 is 9.80 Å². The van der Waals surface area contributed by atoms with Gasteiger partial charge < -0.3 is 9.80 Å². The van der Waals surface area contributed by atoms with E-state index in [9.17, 15) is 9.59 Å². The zero-order valence-corrected chi connectivity index (χ0v) is 13.9. The van der Waals surface area contributed by atoms with Crippen molar-refractivity contribution in [3.8, 4) is 0 Å². The van der Waals surface area contributed by atoms with Gasteiger partial charge in [0.05, 0.1) is 38.0 Å². The van der Waals surface area contributed by atoms with Crippen LogP contribution in [0.4, 0.5) is 5.69 Å². The van der Waals surface area contributed by atoms with Gasteiger partial charge in [0, 0.05) is 5.69 Å². The van der Waals surface area contributed by atoms with Crippen LogP contribution in [0.25, 0.3) is 0 Å². The first-order chi connectivity index (χ1) is 11.7. The third-order valence-corrected chi connectivity index (χ3v) is 5.57. The summed E-state index contributed by atoms with van der Waals surface area (Å²) >= 11 is 0. The first-order valence-corrected chi connectivity index (χ1v) is 8.88. The summed E-state index contributed by atoms with van der Waals surface area (Å²) in [5.41, 5.74) is 1.25. The van der Waals surface area contributed by atoms with Gasteiger partial charge in [0.1, 0.15) is 0 Å². The number of likely N-dealkylation sites (tertiary alicyclic amines) is 1. The van der Waals surface area contributed by atoms with E-state index in [1.165, 1.54) is 15.5 Å². The Hall–Kier alpha value is -2.14. The fourth-order valence-electron chi connectivity index (χ4n) is 4.13. The van der Waals surface area contributed by atoms with Gasteiger partial charge in [-0.15, -0.1) is 0 Å². The number of hydrogen-bond acceptors (Lipinski definition) is 3. The number of benzene rings is 1. The van der Waals surface area contributed by atoms with Gasteiger partial charge in [-0.05, 0) is 25.0 Å². The molecule has 0 saturated carbocycles. The minimum Gasteiger partial charge on any atom is -0.360 e. The number of allylic oxidation sites excluding steroid dienone is 2. The third-order valence-electron chi connectivity index (χ3n) is 5.57. The average Bonchev–Trinajstić information content (AvgIpc) is 2.88. The lowest BCUT2D eigenvalue weighted by molar-refractivity contribution is -0.908. The number of quaternary nitrogens is 1. The number of hydrogen-bond donors (Lipinski definition) is 1. The van der Waals surface area contributed by atoms with Gasteiger partial charge in [0.15, 0.2) is 6.67 Å². The van der Waals surface area contributed by atoms with Crippen molar-refractivity contribution in [2.45, 2.75) is 12.8 Å². The maximum atomic E-state index is 12.6. The number of piperazine rings is 1. The van der Waals surface area contributed by atoms with Crippen LogP contribution in [0.3, 0.4) is 0 Å². The summed E-state index contributed by atoms with van der Waals surface area (Å²) in [6, 6.07) is 10.4. The highest BCUT2D eigenvalue weighted by Crippen LogP contribution is 2.34. The van der Waals surface area contributed by atoms with Crippen LogP contribution in [0.2, 0.25) is 0 Å². The summed E-state index contributed by atoms with van der Waals surface area (Å²) < 4.78 is 0. The minimum absolute atomic E-state index is 0.0485. The molecular weight excluding hydrogens is 302 g/mol. The second-order valence-electron chi connectivity index (χ2n) is 6.99. The second kappa shape index (κ2) is 6.40. The molecule has 0 bridgehead atoms. The molecule has 1 N–H and O–H groups in total. The number of nitrogens with zero attached hydrogens (tertiary/aromatic N) is 2. The van der Waals surface area contributed by atoms with E-state index < -0.39 is 0 Å². The monoisotopic (exact) mass is 326 g/mol. The highest BCUT2D eigenvalue weighted by atomic mass is 16.2. The van der Waals surface area contributed by atoms with Gasteiger partial charge in [-0.25, -0.2) is 4.90 Å². The summed E-state index contributed by atoms with van der Waals surface area (Å²) in [6.07, 6.45) is 5.54. The summed E-state index contributed by atoms with van der Waals surface area (Å²) in [4.78, 5) is 30.4. The lowest BCUT2D eigenvalue weighted by Crippen LogP contribution is -3.16. The molecule has 4 rings (SSSR count). The first kappa shape index (κ1) is 15.4. The molecule has 1 aromatic rings. The van der Waals surface area contributed by atoms with Gasteiger partial charge in [0.25, 0.3) is 0 Å². The van der Waals surface area contributed by atoms with Crippen molar-refractivity contribution in [3.63, 3.8) is 0 Å². The molecule has 1 aliphatic carbocycles. The standard InChI is InChI=1S/C19H23N3O2/c23-18-16-8-4-5-9-17(16)19(24)22(18)14-20-10-12-21(13-11-20)15-6-2-1-3-7-15/h1-7,16-17H,8-14H2/p+1/t16-,17-/m0/s1. The van der Waals surface area contributed by atoms with Crippen LogP contribution in [0.5, 0.6) is 0 Å². The number of amides is 2. The molecule has 0 aromatic heterocycles. The maximum Gasteiger partial charge on any atom is 0.237 e. The van der Waals surface area contributed by atoms with E-state index in [0.29, 0.717) is 6.67 Å². The molecule has 1 aromatic carbocycles. The Bertz CT molecular complexity index is 624. The number of fused-ring (bicyclic) bond motifs is 1. The second-order valence-corrected chi connectivity index (χ2v) is 6.99. The number of rotatable bonds is 3. The van der Waals surface area contributed by atoms with Crippen molar-refractivity contribution in [2.75, 3.05) is 37.7 Å². The Morgan fingerprint density at radius 1 is 0.917 bits per heavy atom. The molecule has 24 heavy (non-hydrogen) atoms. The van der Waals surface area contributed by atoms with Crippen LogP contribution in [0, 0.1) is 11.8 Å². The first-order valence-electron chi connectivity index (χ1n) is 8.88. The minimum atomic E-state index is -0.104. The number of imide groups is 1. The van der Waals surface area contributed by atoms with E-state index in [4.69, 9.17) is 0 Å². The van der Waals surface area contributed by atoms with Gasteiger partial charge in [-0.2, -0.15) is 0 Å². The van der Waals surface area contributed by atoms with Crippen molar-refractivity contribution in [1.29, 1.82) is 0 Å². The van der Waals surface area contributed by atoms with E-state index in [2.05, 4.69) is 29.2 Å². The van der Waals surface area contributed by atoms with Gasteiger partial charge in [0.2, 0.25) is 11.8 Å². The molecule has 2 amide bonds. The van der Waals surface area contributed by atoms with Crippen LogP contribution in [-0.2, 0) is 9.59 Å². The van der Waals surface area contributed by atoms with Crippen LogP contribution in [0.15, 0.2) is 42.5 Å². The zero-order valence-electron chi connectivity index (χ0n) is 13.9. The highest BCUT2D eigenvalue weighted by molar-refractivity contribution is 6.05. The van der Waals surface area contributed by atoms with Crippen LogP contribution in [0.1, 0.15) is 12.8 Å². The number of para-hydroxylation sites is 1. The van der Waals surface area contributed by atoms with Gasteiger partial charge in [-0.1, -0.05) is 30.4 Å². The molecule has 2 fully saturated rings. The lowest BCUT2D eigenvalue weighted by atomic mass is 9.85. The molecule has 0 unspecified atom stereocenters. The average molecular weight is 326 g/mol. The van der Waals surface area contributed by atoms with E-state index >= 15 is 0 Å². The van der Waals surface area contributed by atoms with Crippen LogP contribution in [-0.4, -0.2) is 49.6 Å². The smallest absolute Gasteiger partial charge is 0.237 e. The molecular formula is C19H24N3O2+. The normalized spacial score (nSPS) is 27.7. The van der Waals surface area contributed by atoms with E-state index in [1.54, 1.807) is 0 Å². The molecule has 3 aliphatic rings. The molecule has 126 valence electrons. The SMILES string of the molecule is O=C1[C@H]2CC=CC[C@@H]2C(=O)N1C[NH+]1CCN(c2ccccc2)CC1. The number of carbonyl (C=O) groups is 2. The Morgan fingerprint density at radius 3 is 2.08 bits per heavy atom. The third kappa shape index (κ3) is 2.73. The molecule has 0 radical (unpaired) electrons. The highest BCUT2D eigenvalue weighted by Gasteiger charge is 2.48. The quantitative estimate of drug-likeness (QED) is 0.642. The summed E-state index contributed by atoms with van der Waals surface area (Å²) in [5.74, 6) is -0.111. The fourth-order valence-corrected chi connectivity index (χ4v) is 4.13. The van der Waals surface area contributed by atoms with Gasteiger partial charge >= 0.3 is 0 Å². The van der Waals surface area contributed by atoms with E-state index in [1.807, 2.05) is 18.2 Å². The number of anilines is 1. The van der Waals surface area contributed by atoms with Crippen molar-refractivity contribution in [1.82, 2.24) is 4.90 Å². The van der Waals surface area contributed by atoms with E-state index in [0.717, 1.165) is 39.0 Å². The fraction of sp³-hybridized carbons (Fsp3) is 0.474. The molecule has 5 nitrogen and oxygen atoms in total. The molecule has 0 spiro atoms. The Balaban J connectivity index is 1.36. The summed E-state index contributed by atoms with van der Waals surface area (Å²) in [5, 5.41) is 0. The predicted molar refractivity (Wildman–Crippen MR) is 91.4 cm³/mol. The predicted octanol–water partition coefficient (Wildman–Crippen LogP) is 0.300. The van der Waals surface area contributed by atoms with Crippen molar-refractivity contribution in [3.05, 3.63) is 42.5 Å². The van der Waals surface area contributed by atoms with Crippen molar-refractivity contribution in [2.24, 2.45) is 11.8 Å². The van der Waals surface area contributed by atoms with E-state index in [-0.39, 0.29) is 23.7 Å². The Labute approximate surface area is 142 Å². The lowest BCUT2D eigenvalue weighted by Gasteiger charge is -2.34. The molecule has 2 aliphatic heterocycles. The zero-order chi connectivity index (χ0) is 16.5. The summed E-state index contributed by atoms with van der Waals surface area (Å²) in [7, 11) is 0. The van der Waals surface area contributed by atoms with Crippen molar-refractivity contribution >= 4 is 17.5 Å². The largest absolute Gasteiger partial charge is 0.360 e. The Morgan fingerprint density at radius 2 is 1.50 bits per heavy atom. The maximum absolute atomic E-state index is 12.6. The number of nitrogens with one attached hydrogen (secondary N) is 1. The summed E-state index contributed by atoms with van der Waals surface area (Å²) in [6.45, 7) is 4.38. The molecule has 2 heterocycles. The topological polar surface area (TPSA) is 45.1 Å². The molecule has 5 heteroatoms. The van der Waals surface area contributed by atoms with Crippen molar-refractivity contribution < 1.29 is 14.5 Å². The Kier molecular flexibility index (Phi) is 4.10. The van der Waals surface area contributed by atoms with Crippen LogP contribution >= 0.6 is 0 Å².